The highest BCUT2D eigenvalue weighted by atomic mass is 79.9. The van der Waals surface area contributed by atoms with E-state index in [2.05, 4.69) is 20.9 Å². The lowest BCUT2D eigenvalue weighted by Crippen LogP contribution is -2.01. The highest BCUT2D eigenvalue weighted by molar-refractivity contribution is 9.10. The minimum atomic E-state index is -0.929. The van der Waals surface area contributed by atoms with Gasteiger partial charge in [0.25, 0.3) is 0 Å². The number of ether oxygens (including phenoxy) is 2. The number of rotatable bonds is 5. The van der Waals surface area contributed by atoms with Gasteiger partial charge in [0.2, 0.25) is 0 Å². The summed E-state index contributed by atoms with van der Waals surface area (Å²) in [5.74, 6) is 0.197. The van der Waals surface area contributed by atoms with Crippen LogP contribution in [-0.2, 0) is 11.2 Å². The largest absolute Gasteiger partial charge is 0.493 e. The van der Waals surface area contributed by atoms with Gasteiger partial charge in [-0.3, -0.25) is 4.79 Å². The van der Waals surface area contributed by atoms with Gasteiger partial charge < -0.3 is 19.6 Å². The van der Waals surface area contributed by atoms with Crippen LogP contribution in [-0.4, -0.2) is 30.3 Å². The van der Waals surface area contributed by atoms with Crippen LogP contribution in [0.3, 0.4) is 0 Å². The van der Waals surface area contributed by atoms with Crippen molar-refractivity contribution in [3.05, 3.63) is 44.9 Å². The zero-order valence-electron chi connectivity index (χ0n) is 14.4. The van der Waals surface area contributed by atoms with Crippen LogP contribution in [0.5, 0.6) is 11.5 Å². The minimum Gasteiger partial charge on any atom is -0.493 e. The number of hydrogen-bond acceptors (Lipinski definition) is 3. The summed E-state index contributed by atoms with van der Waals surface area (Å²) in [7, 11) is 3.12. The molecule has 7 heteroatoms. The Labute approximate surface area is 164 Å². The summed E-state index contributed by atoms with van der Waals surface area (Å²) < 4.78 is 11.5. The molecule has 5 nitrogen and oxygen atoms in total. The van der Waals surface area contributed by atoms with Gasteiger partial charge >= 0.3 is 5.97 Å². The van der Waals surface area contributed by atoms with Crippen molar-refractivity contribution < 1.29 is 19.4 Å². The topological polar surface area (TPSA) is 71.6 Å². The molecule has 0 aliphatic heterocycles. The lowest BCUT2D eigenvalue weighted by Gasteiger charge is -2.12. The zero-order chi connectivity index (χ0) is 19.0. The van der Waals surface area contributed by atoms with E-state index in [0.29, 0.717) is 27.8 Å². The molecule has 0 fully saturated rings. The second-order valence-electron chi connectivity index (χ2n) is 5.85. The summed E-state index contributed by atoms with van der Waals surface area (Å²) in [4.78, 5) is 14.8. The number of benzene rings is 2. The van der Waals surface area contributed by atoms with E-state index in [-0.39, 0.29) is 6.42 Å². The van der Waals surface area contributed by atoms with E-state index in [4.69, 9.17) is 21.1 Å². The molecule has 0 bridgehead atoms. The van der Waals surface area contributed by atoms with Crippen molar-refractivity contribution in [1.29, 1.82) is 0 Å². The van der Waals surface area contributed by atoms with Crippen LogP contribution >= 0.6 is 27.5 Å². The molecular weight excluding hydrogens is 422 g/mol. The van der Waals surface area contributed by atoms with E-state index in [1.807, 2.05) is 19.1 Å². The average Bonchev–Trinajstić information content (AvgIpc) is 2.97. The van der Waals surface area contributed by atoms with Gasteiger partial charge in [-0.25, -0.2) is 0 Å². The maximum Gasteiger partial charge on any atom is 0.307 e. The molecule has 3 rings (SSSR count). The molecule has 2 N–H and O–H groups in total. The Morgan fingerprint density at radius 2 is 1.88 bits per heavy atom. The molecule has 0 amide bonds. The number of H-pyrrole nitrogens is 1. The van der Waals surface area contributed by atoms with Crippen molar-refractivity contribution in [1.82, 2.24) is 4.98 Å². The standard InChI is InChI=1S/C19H17BrClNO4/c1-9-4-5-13(21)17-11(7-16(23)24)19(22-18(9)17)10-6-14(25-2)15(26-3)8-12(10)20/h4-6,8,22H,7H2,1-3H3,(H,23,24). The van der Waals surface area contributed by atoms with Crippen LogP contribution in [0.1, 0.15) is 11.1 Å². The first-order valence-electron chi connectivity index (χ1n) is 7.80. The van der Waals surface area contributed by atoms with Crippen molar-refractivity contribution in [2.45, 2.75) is 13.3 Å². The summed E-state index contributed by atoms with van der Waals surface area (Å²) in [5, 5.41) is 10.7. The summed E-state index contributed by atoms with van der Waals surface area (Å²) in [6.07, 6.45) is -0.153. The number of hydrogen-bond donors (Lipinski definition) is 2. The molecule has 0 saturated heterocycles. The third-order valence-corrected chi connectivity index (χ3v) is 5.26. The Morgan fingerprint density at radius 1 is 1.23 bits per heavy atom. The molecule has 0 aliphatic carbocycles. The van der Waals surface area contributed by atoms with Crippen molar-refractivity contribution in [2.75, 3.05) is 14.2 Å². The Kier molecular flexibility index (Phi) is 5.16. The molecule has 0 spiro atoms. The fourth-order valence-electron chi connectivity index (χ4n) is 3.07. The predicted octanol–water partition coefficient (Wildman–Crippen LogP) is 5.20. The number of aliphatic carboxylic acids is 1. The molecule has 0 aliphatic rings. The maximum atomic E-state index is 11.5. The molecule has 0 atom stereocenters. The molecule has 136 valence electrons. The van der Waals surface area contributed by atoms with Gasteiger partial charge in [-0.05, 0) is 52.2 Å². The first-order chi connectivity index (χ1) is 12.4. The first kappa shape index (κ1) is 18.6. The molecule has 1 heterocycles. The normalized spacial score (nSPS) is 11.0. The molecule has 26 heavy (non-hydrogen) atoms. The fourth-order valence-corrected chi connectivity index (χ4v) is 3.86. The van der Waals surface area contributed by atoms with Crippen LogP contribution in [0.2, 0.25) is 5.02 Å². The number of carboxylic acid groups (broad SMARTS) is 1. The van der Waals surface area contributed by atoms with E-state index in [1.165, 1.54) is 0 Å². The summed E-state index contributed by atoms with van der Waals surface area (Å²) >= 11 is 9.94. The number of halogens is 2. The number of carbonyl (C=O) groups is 1. The van der Waals surface area contributed by atoms with Crippen LogP contribution < -0.4 is 9.47 Å². The van der Waals surface area contributed by atoms with E-state index in [1.54, 1.807) is 26.4 Å². The Morgan fingerprint density at radius 3 is 2.50 bits per heavy atom. The number of methoxy groups -OCH3 is 2. The zero-order valence-corrected chi connectivity index (χ0v) is 16.8. The van der Waals surface area contributed by atoms with Crippen molar-refractivity contribution in [3.63, 3.8) is 0 Å². The number of fused-ring (bicyclic) bond motifs is 1. The highest BCUT2D eigenvalue weighted by Gasteiger charge is 2.22. The molecule has 0 radical (unpaired) electrons. The lowest BCUT2D eigenvalue weighted by molar-refractivity contribution is -0.136. The second-order valence-corrected chi connectivity index (χ2v) is 7.11. The SMILES string of the molecule is COc1cc(Br)c(-c2[nH]c3c(C)ccc(Cl)c3c2CC(=O)O)cc1OC. The van der Waals surface area contributed by atoms with Crippen LogP contribution in [0.25, 0.3) is 22.2 Å². The number of carboxylic acids is 1. The maximum absolute atomic E-state index is 11.5. The van der Waals surface area contributed by atoms with Gasteiger partial charge in [0.1, 0.15) is 0 Å². The van der Waals surface area contributed by atoms with Crippen molar-refractivity contribution in [2.24, 2.45) is 0 Å². The van der Waals surface area contributed by atoms with E-state index in [9.17, 15) is 9.90 Å². The quantitative estimate of drug-likeness (QED) is 0.574. The molecule has 1 aromatic heterocycles. The fraction of sp³-hybridized carbons (Fsp3) is 0.211. The van der Waals surface area contributed by atoms with Gasteiger partial charge in [0.05, 0.1) is 36.9 Å². The first-order valence-corrected chi connectivity index (χ1v) is 8.97. The number of nitrogens with one attached hydrogen (secondary N) is 1. The predicted molar refractivity (Wildman–Crippen MR) is 106 cm³/mol. The number of aryl methyl sites for hydroxylation is 1. The lowest BCUT2D eigenvalue weighted by atomic mass is 10.0. The summed E-state index contributed by atoms with van der Waals surface area (Å²) in [5.41, 5.74) is 3.90. The van der Waals surface area contributed by atoms with Crippen molar-refractivity contribution in [3.8, 4) is 22.8 Å². The smallest absolute Gasteiger partial charge is 0.307 e. The van der Waals surface area contributed by atoms with Gasteiger partial charge in [-0.2, -0.15) is 0 Å². The minimum absolute atomic E-state index is 0.153. The molecular formula is C19H17BrClNO4. The number of aromatic amines is 1. The third-order valence-electron chi connectivity index (χ3n) is 4.29. The molecule has 3 aromatic rings. The Hall–Kier alpha value is -2.18. The van der Waals surface area contributed by atoms with Crippen LogP contribution in [0.15, 0.2) is 28.7 Å². The highest BCUT2D eigenvalue weighted by Crippen LogP contribution is 2.42. The molecule has 0 unspecified atom stereocenters. The van der Waals surface area contributed by atoms with Crippen molar-refractivity contribution >= 4 is 44.4 Å². The summed E-state index contributed by atoms with van der Waals surface area (Å²) in [6.45, 7) is 1.95. The Bertz CT molecular complexity index is 1010. The summed E-state index contributed by atoms with van der Waals surface area (Å²) in [6, 6.07) is 7.28. The van der Waals surface area contributed by atoms with Gasteiger partial charge in [-0.1, -0.05) is 17.7 Å². The van der Waals surface area contributed by atoms with Crippen LogP contribution in [0.4, 0.5) is 0 Å². The van der Waals surface area contributed by atoms with Gasteiger partial charge in [0, 0.05) is 15.4 Å². The Balaban J connectivity index is 2.36. The average molecular weight is 439 g/mol. The van der Waals surface area contributed by atoms with Gasteiger partial charge in [-0.15, -0.1) is 0 Å². The molecule has 0 saturated carbocycles. The van der Waals surface area contributed by atoms with Crippen LogP contribution in [0, 0.1) is 6.92 Å². The third kappa shape index (κ3) is 3.15. The monoisotopic (exact) mass is 437 g/mol. The van der Waals surface area contributed by atoms with E-state index < -0.39 is 5.97 Å². The molecule has 2 aromatic carbocycles. The second kappa shape index (κ2) is 7.21. The number of aromatic nitrogens is 1. The van der Waals surface area contributed by atoms with E-state index in [0.717, 1.165) is 26.5 Å². The van der Waals surface area contributed by atoms with E-state index >= 15 is 0 Å². The van der Waals surface area contributed by atoms with Gasteiger partial charge in [0.15, 0.2) is 11.5 Å².